The van der Waals surface area contributed by atoms with Crippen LogP contribution in [0.5, 0.6) is 0 Å². The molecule has 0 aromatic heterocycles. The van der Waals surface area contributed by atoms with Crippen molar-refractivity contribution in [3.05, 3.63) is 0 Å². The summed E-state index contributed by atoms with van der Waals surface area (Å²) in [6, 6.07) is -0.310. The first-order valence-electron chi connectivity index (χ1n) is 31.6. The number of rotatable bonds is 17. The molecule has 20 nitrogen and oxygen atoms in total. The Kier molecular flexibility index (Phi) is 15.7. The molecule has 83 heavy (non-hydrogen) atoms. The number of methoxy groups -OCH3 is 6. The number of fused-ring (bicyclic) bond motifs is 4. The Morgan fingerprint density at radius 1 is 0.590 bits per heavy atom. The van der Waals surface area contributed by atoms with Crippen molar-refractivity contribution in [2.24, 2.45) is 74.9 Å². The maximum absolute atomic E-state index is 13.1. The van der Waals surface area contributed by atoms with Crippen LogP contribution in [0.4, 0.5) is 0 Å². The highest BCUT2D eigenvalue weighted by molar-refractivity contribution is 6.69. The van der Waals surface area contributed by atoms with E-state index in [4.69, 9.17) is 47.1 Å². The number of nitrogens with zero attached hydrogens (tertiary/aromatic N) is 2. The molecule has 10 saturated carbocycles. The highest BCUT2D eigenvalue weighted by atomic mass is 28.4. The van der Waals surface area contributed by atoms with Crippen LogP contribution in [0.1, 0.15) is 107 Å². The normalized spacial score (nSPS) is 54.4. The second kappa shape index (κ2) is 20.8. The monoisotopic (exact) mass is 1190 g/mol. The Labute approximate surface area is 493 Å². The Bertz CT molecular complexity index is 2510. The van der Waals surface area contributed by atoms with Crippen LogP contribution in [-0.4, -0.2) is 232 Å². The summed E-state index contributed by atoms with van der Waals surface area (Å²) in [5, 5.41) is 62.0. The van der Waals surface area contributed by atoms with Crippen molar-refractivity contribution >= 4 is 26.2 Å². The van der Waals surface area contributed by atoms with Gasteiger partial charge in [0.15, 0.2) is 19.5 Å². The summed E-state index contributed by atoms with van der Waals surface area (Å²) in [5.41, 5.74) is -7.47. The number of esters is 3. The third-order valence-electron chi connectivity index (χ3n) is 26.0. The predicted octanol–water partition coefficient (Wildman–Crippen LogP) is 3.58. The summed E-state index contributed by atoms with van der Waals surface area (Å²) in [4.78, 5) is 44.3. The van der Waals surface area contributed by atoms with E-state index in [1.807, 2.05) is 14.0 Å². The van der Waals surface area contributed by atoms with Gasteiger partial charge in [-0.1, -0.05) is 41.5 Å². The zero-order valence-electron chi connectivity index (χ0n) is 52.6. The van der Waals surface area contributed by atoms with Gasteiger partial charge in [0, 0.05) is 146 Å². The zero-order chi connectivity index (χ0) is 60.6. The molecule has 0 aromatic carbocycles. The number of carbonyl (C=O) groups is 3. The molecule has 2 spiro atoms. The van der Waals surface area contributed by atoms with Crippen molar-refractivity contribution in [3.63, 3.8) is 0 Å². The molecule has 14 bridgehead atoms. The van der Waals surface area contributed by atoms with Crippen molar-refractivity contribution in [3.8, 4) is 0 Å². The lowest BCUT2D eigenvalue weighted by Gasteiger charge is -2.71. The maximum Gasteiger partial charge on any atom is 0.306 e. The fourth-order valence-corrected chi connectivity index (χ4v) is 26.0. The van der Waals surface area contributed by atoms with Crippen molar-refractivity contribution in [1.29, 1.82) is 0 Å². The van der Waals surface area contributed by atoms with Crippen LogP contribution < -0.4 is 0 Å². The van der Waals surface area contributed by atoms with Crippen LogP contribution in [0.25, 0.3) is 0 Å². The second-order valence-corrected chi connectivity index (χ2v) is 33.4. The number of aliphatic hydroxyl groups is 5. The van der Waals surface area contributed by atoms with Gasteiger partial charge in [0.1, 0.15) is 41.7 Å². The molecule has 12 fully saturated rings. The smallest absolute Gasteiger partial charge is 0.306 e. The molecule has 0 radical (unpaired) electrons. The Morgan fingerprint density at radius 3 is 1.53 bits per heavy atom. The summed E-state index contributed by atoms with van der Waals surface area (Å²) >= 11 is 0. The molecule has 14 unspecified atom stereocenters. The molecule has 30 atom stereocenters. The summed E-state index contributed by atoms with van der Waals surface area (Å²) in [6.07, 6.45) is -4.26. The number of piperidine rings is 2. The van der Waals surface area contributed by atoms with Gasteiger partial charge in [0.25, 0.3) is 0 Å². The summed E-state index contributed by atoms with van der Waals surface area (Å²) < 4.78 is 64.0. The number of likely N-dealkylation sites (tertiary alicyclic amines) is 2. The summed E-state index contributed by atoms with van der Waals surface area (Å²) in [7, 11) is 7.66. The third-order valence-corrected chi connectivity index (χ3v) is 27.0. The van der Waals surface area contributed by atoms with Gasteiger partial charge in [-0.05, 0) is 94.4 Å². The maximum atomic E-state index is 13.1. The van der Waals surface area contributed by atoms with E-state index in [1.54, 1.807) is 28.4 Å². The van der Waals surface area contributed by atoms with E-state index in [0.717, 1.165) is 25.9 Å². The predicted molar refractivity (Wildman–Crippen MR) is 303 cm³/mol. The van der Waals surface area contributed by atoms with Crippen molar-refractivity contribution in [1.82, 2.24) is 9.80 Å². The van der Waals surface area contributed by atoms with E-state index in [0.29, 0.717) is 44.7 Å². The highest BCUT2D eigenvalue weighted by Crippen LogP contribution is 2.84. The lowest BCUT2D eigenvalue weighted by Crippen LogP contribution is -2.81. The SMILES string of the molecule is CCCC(=O)O[C@@H]1C2[C@@H]3C[C@]1(O)[C@@H](OC)[C@H](O)[C@]2(OC(C)=O)C1C(OC)C2C4(CC)CN(CC)C1C23[C@@H](OC)C[C@H]4O.CCN1CC2(CC)C3C(OC)C4C1C3([C@@H](OC)C[C@H]2C)[C@H]1C[C@@]2(O[Si](C)(C)C)[C@H](O)C1[C@]4(OC(C)=O)[C@@H](O)[C@@H]2OC. The minimum Gasteiger partial charge on any atom is -0.459 e. The van der Waals surface area contributed by atoms with Gasteiger partial charge < -0.3 is 72.6 Å². The lowest BCUT2D eigenvalue weighted by molar-refractivity contribution is -0.323. The van der Waals surface area contributed by atoms with E-state index in [1.165, 1.54) is 21.0 Å². The molecular weight excluding hydrogens is 1090 g/mol. The Morgan fingerprint density at radius 2 is 1.07 bits per heavy atom. The van der Waals surface area contributed by atoms with Gasteiger partial charge in [-0.3, -0.25) is 24.2 Å². The van der Waals surface area contributed by atoms with Crippen molar-refractivity contribution in [2.75, 3.05) is 68.8 Å². The molecule has 12 aliphatic rings. The molecular formula is C62H102N2O18Si. The van der Waals surface area contributed by atoms with E-state index in [2.05, 4.69) is 64.1 Å². The average molecular weight is 1190 g/mol. The van der Waals surface area contributed by atoms with Crippen LogP contribution in [0.3, 0.4) is 0 Å². The molecule has 0 aromatic rings. The van der Waals surface area contributed by atoms with Gasteiger partial charge in [0.2, 0.25) is 0 Å². The molecule has 12 rings (SSSR count). The van der Waals surface area contributed by atoms with Crippen LogP contribution in [0.2, 0.25) is 19.6 Å². The van der Waals surface area contributed by atoms with Crippen molar-refractivity contribution < 1.29 is 87.0 Å². The topological polar surface area (TPSA) is 251 Å². The van der Waals surface area contributed by atoms with Crippen LogP contribution in [0.15, 0.2) is 0 Å². The number of carbonyl (C=O) groups excluding carboxylic acids is 3. The number of hydrogen-bond acceptors (Lipinski definition) is 20. The third kappa shape index (κ3) is 7.27. The lowest BCUT2D eigenvalue weighted by atomic mass is 9.40. The number of hydrogen-bond donors (Lipinski definition) is 5. The molecule has 2 aliphatic heterocycles. The van der Waals surface area contributed by atoms with E-state index in [-0.39, 0.29) is 71.6 Å². The first kappa shape index (κ1) is 62.7. The van der Waals surface area contributed by atoms with Gasteiger partial charge >= 0.3 is 17.9 Å². The fourth-order valence-electron chi connectivity index (χ4n) is 24.6. The standard InChI is InChI=1S/C31H49NO10.C31H53NO8Si/c1-8-11-19(35)41-26-20-16-13-29(26,37)27(40-7)25(36)31(20,42-15(4)33)21-22(39-6)23-28(9-2)14-32(10-3)24(21)30(16,23)18(38-5)12-17(28)34;1-11-28-15-32(12-2)24-21-22(37-6)23(28)30(24,19(36-5)13-16(28)3)18-14-29(40-41(8,9)10)25(34)20(18)31(21,39-17(4)33)26(35)27(29)38-7/h16-18,20-27,34,36-37H,8-14H2,1-7H3;16,18-27,34-35H,11-15H2,1-10H3/t16-,17+,18-,20?,21?,22?,23?,24?,25-,26+,27-,28?,29+,30?,31+;16-,18+,19+,20?,21?,22?,23?,24?,25-,26+,27+,28?,29-,30?,31-/m01/s1. The average Bonchev–Trinajstić information content (AvgIpc) is 1.48. The van der Waals surface area contributed by atoms with Gasteiger partial charge in [0.05, 0.1) is 36.6 Å². The molecule has 10 aliphatic carbocycles. The zero-order valence-corrected chi connectivity index (χ0v) is 53.6. The van der Waals surface area contributed by atoms with Gasteiger partial charge in [-0.15, -0.1) is 0 Å². The largest absolute Gasteiger partial charge is 0.459 e. The van der Waals surface area contributed by atoms with Crippen LogP contribution in [-0.2, 0) is 61.4 Å². The highest BCUT2D eigenvalue weighted by Gasteiger charge is 2.94. The molecule has 472 valence electrons. The first-order chi connectivity index (χ1) is 39.2. The Balaban J connectivity index is 0.000000174. The first-order valence-corrected chi connectivity index (χ1v) is 35.0. The quantitative estimate of drug-likeness (QED) is 0.0793. The van der Waals surface area contributed by atoms with Crippen molar-refractivity contribution in [2.45, 2.75) is 228 Å². The Hall–Kier alpha value is -1.93. The molecule has 5 N–H and O–H groups in total. The van der Waals surface area contributed by atoms with Crippen LogP contribution >= 0.6 is 0 Å². The molecule has 2 saturated heterocycles. The second-order valence-electron chi connectivity index (χ2n) is 29.0. The van der Waals surface area contributed by atoms with Gasteiger partial charge in [-0.25, -0.2) is 0 Å². The van der Waals surface area contributed by atoms with Crippen LogP contribution in [0, 0.1) is 74.9 Å². The van der Waals surface area contributed by atoms with Gasteiger partial charge in [-0.2, -0.15) is 0 Å². The minimum atomic E-state index is -2.25. The summed E-state index contributed by atoms with van der Waals surface area (Å²) in [5.74, 6) is -3.98. The minimum absolute atomic E-state index is 0.0472. The van der Waals surface area contributed by atoms with E-state index >= 15 is 0 Å². The molecule has 0 amide bonds. The number of ether oxygens (including phenoxy) is 9. The fraction of sp³-hybridized carbons (Fsp3) is 0.952. The number of aliphatic hydroxyl groups excluding tert-OH is 4. The molecule has 21 heteroatoms. The molecule has 2 heterocycles. The van der Waals surface area contributed by atoms with E-state index < -0.39 is 138 Å². The summed E-state index contributed by atoms with van der Waals surface area (Å²) in [6.45, 7) is 25.1. The van der Waals surface area contributed by atoms with E-state index in [9.17, 15) is 39.9 Å².